The summed E-state index contributed by atoms with van der Waals surface area (Å²) in [6, 6.07) is 8.10. The monoisotopic (exact) mass is 411 g/mol. The highest BCUT2D eigenvalue weighted by Crippen LogP contribution is 2.30. The Morgan fingerprint density at radius 3 is 2.86 bits per heavy atom. The average Bonchev–Trinajstić information content (AvgIpc) is 3.18. The predicted molar refractivity (Wildman–Crippen MR) is 115 cm³/mol. The Balaban J connectivity index is 1.55. The van der Waals surface area contributed by atoms with E-state index in [0.717, 1.165) is 35.3 Å². The van der Waals surface area contributed by atoms with Crippen LogP contribution in [0.3, 0.4) is 0 Å². The summed E-state index contributed by atoms with van der Waals surface area (Å²) in [5.74, 6) is 0.190. The van der Waals surface area contributed by atoms with E-state index in [9.17, 15) is 14.7 Å². The lowest BCUT2D eigenvalue weighted by atomic mass is 9.99. The summed E-state index contributed by atoms with van der Waals surface area (Å²) in [4.78, 5) is 32.7. The molecule has 152 valence electrons. The predicted octanol–water partition coefficient (Wildman–Crippen LogP) is 3.05. The van der Waals surface area contributed by atoms with Gasteiger partial charge in [0.2, 0.25) is 5.91 Å². The van der Waals surface area contributed by atoms with Crippen molar-refractivity contribution in [1.29, 1.82) is 0 Å². The minimum atomic E-state index is -0.105. The molecule has 1 fully saturated rings. The van der Waals surface area contributed by atoms with E-state index < -0.39 is 0 Å². The van der Waals surface area contributed by atoms with Crippen LogP contribution in [-0.2, 0) is 11.3 Å². The molecular formula is C22H25N3O3S. The van der Waals surface area contributed by atoms with Crippen LogP contribution in [0.1, 0.15) is 24.8 Å². The number of fused-ring (bicyclic) bond motifs is 1. The van der Waals surface area contributed by atoms with Gasteiger partial charge in [-0.3, -0.25) is 14.2 Å². The number of aromatic nitrogens is 2. The summed E-state index contributed by atoms with van der Waals surface area (Å²) >= 11 is 1.46. The molecule has 1 aliphatic rings. The van der Waals surface area contributed by atoms with Crippen molar-refractivity contribution in [2.75, 3.05) is 19.7 Å². The largest absolute Gasteiger partial charge is 0.396 e. The molecule has 0 spiro atoms. The Hall–Kier alpha value is -2.51. The quantitative estimate of drug-likeness (QED) is 0.700. The Morgan fingerprint density at radius 1 is 1.31 bits per heavy atom. The van der Waals surface area contributed by atoms with Crippen molar-refractivity contribution in [3.05, 3.63) is 51.9 Å². The van der Waals surface area contributed by atoms with Crippen molar-refractivity contribution in [2.45, 2.75) is 32.7 Å². The number of aliphatic hydroxyl groups is 1. The maximum absolute atomic E-state index is 13.1. The third kappa shape index (κ3) is 4.11. The molecule has 0 aliphatic carbocycles. The number of carbonyl (C=O) groups is 1. The first kappa shape index (κ1) is 19.8. The number of aliphatic hydroxyl groups excluding tert-OH is 1. The zero-order valence-electron chi connectivity index (χ0n) is 16.5. The number of aryl methyl sites for hydroxylation is 2. The van der Waals surface area contributed by atoms with Gasteiger partial charge in [0.1, 0.15) is 4.83 Å². The van der Waals surface area contributed by atoms with E-state index in [2.05, 4.69) is 4.98 Å². The van der Waals surface area contributed by atoms with E-state index >= 15 is 0 Å². The second-order valence-corrected chi connectivity index (χ2v) is 8.58. The molecule has 2 aromatic heterocycles. The zero-order valence-corrected chi connectivity index (χ0v) is 17.3. The molecule has 0 saturated carbocycles. The molecule has 29 heavy (non-hydrogen) atoms. The molecule has 1 aliphatic heterocycles. The first-order chi connectivity index (χ1) is 14.1. The first-order valence-corrected chi connectivity index (χ1v) is 10.9. The standard InChI is InChI=1S/C22H25N3O3S/c1-15-4-6-17(7-5-15)18-13-29-21-20(18)22(28)25(14-23-21)10-8-19(27)24-9-2-3-16(11-24)12-26/h4-7,13-14,16,26H,2-3,8-12H2,1H3. The fourth-order valence-corrected chi connectivity index (χ4v) is 4.79. The van der Waals surface area contributed by atoms with Gasteiger partial charge in [0.25, 0.3) is 5.56 Å². The van der Waals surface area contributed by atoms with Gasteiger partial charge in [0.05, 0.1) is 11.7 Å². The van der Waals surface area contributed by atoms with Crippen LogP contribution in [0.2, 0.25) is 0 Å². The van der Waals surface area contributed by atoms with Gasteiger partial charge >= 0.3 is 0 Å². The summed E-state index contributed by atoms with van der Waals surface area (Å²) in [6.07, 6.45) is 3.68. The smallest absolute Gasteiger partial charge is 0.262 e. The van der Waals surface area contributed by atoms with Crippen LogP contribution in [0.5, 0.6) is 0 Å². The van der Waals surface area contributed by atoms with Crippen LogP contribution in [0.4, 0.5) is 0 Å². The molecule has 4 rings (SSSR count). The van der Waals surface area contributed by atoms with Gasteiger partial charge in [-0.2, -0.15) is 0 Å². The van der Waals surface area contributed by atoms with E-state index in [1.54, 1.807) is 6.33 Å². The van der Waals surface area contributed by atoms with Crippen LogP contribution < -0.4 is 5.56 Å². The number of piperidine rings is 1. The molecular weight excluding hydrogens is 386 g/mol. The number of amides is 1. The molecule has 1 saturated heterocycles. The van der Waals surface area contributed by atoms with Gasteiger partial charge < -0.3 is 10.0 Å². The van der Waals surface area contributed by atoms with Crippen molar-refractivity contribution < 1.29 is 9.90 Å². The van der Waals surface area contributed by atoms with E-state index in [1.165, 1.54) is 21.5 Å². The Kier molecular flexibility index (Phi) is 5.78. The van der Waals surface area contributed by atoms with Crippen molar-refractivity contribution in [3.8, 4) is 11.1 Å². The van der Waals surface area contributed by atoms with Gasteiger partial charge in [-0.05, 0) is 31.2 Å². The highest BCUT2D eigenvalue weighted by molar-refractivity contribution is 7.17. The fraction of sp³-hybridized carbons (Fsp3) is 0.409. The number of thiophene rings is 1. The van der Waals surface area contributed by atoms with Crippen LogP contribution in [0, 0.1) is 12.8 Å². The molecule has 3 aromatic rings. The molecule has 0 radical (unpaired) electrons. The number of rotatable bonds is 5. The second-order valence-electron chi connectivity index (χ2n) is 7.72. The lowest BCUT2D eigenvalue weighted by Gasteiger charge is -2.32. The number of carbonyl (C=O) groups excluding carboxylic acids is 1. The first-order valence-electron chi connectivity index (χ1n) is 9.99. The SMILES string of the molecule is Cc1ccc(-c2csc3ncn(CCC(=O)N4CCCC(CO)C4)c(=O)c23)cc1. The second kappa shape index (κ2) is 8.47. The number of benzene rings is 1. The van der Waals surface area contributed by atoms with Crippen LogP contribution in [0.15, 0.2) is 40.8 Å². The lowest BCUT2D eigenvalue weighted by molar-refractivity contribution is -0.133. The molecule has 1 unspecified atom stereocenters. The zero-order chi connectivity index (χ0) is 20.4. The Morgan fingerprint density at radius 2 is 2.10 bits per heavy atom. The third-order valence-corrected chi connectivity index (χ3v) is 6.51. The number of nitrogens with zero attached hydrogens (tertiary/aromatic N) is 3. The van der Waals surface area contributed by atoms with Crippen molar-refractivity contribution in [3.63, 3.8) is 0 Å². The molecule has 1 aromatic carbocycles. The summed E-state index contributed by atoms with van der Waals surface area (Å²) < 4.78 is 1.54. The molecule has 0 bridgehead atoms. The number of hydrogen-bond donors (Lipinski definition) is 1. The van der Waals surface area contributed by atoms with Crippen molar-refractivity contribution >= 4 is 27.5 Å². The summed E-state index contributed by atoms with van der Waals surface area (Å²) in [6.45, 7) is 3.78. The molecule has 1 N–H and O–H groups in total. The fourth-order valence-electron chi connectivity index (χ4n) is 3.89. The van der Waals surface area contributed by atoms with E-state index in [1.807, 2.05) is 41.5 Å². The summed E-state index contributed by atoms with van der Waals surface area (Å²) in [5.41, 5.74) is 2.96. The minimum absolute atomic E-state index is 0.0271. The molecule has 1 amide bonds. The Labute approximate surface area is 173 Å². The van der Waals surface area contributed by atoms with Gasteiger partial charge in [-0.1, -0.05) is 29.8 Å². The van der Waals surface area contributed by atoms with Gasteiger partial charge in [-0.15, -0.1) is 11.3 Å². The van der Waals surface area contributed by atoms with Gasteiger partial charge in [-0.25, -0.2) is 4.98 Å². The normalized spacial score (nSPS) is 17.0. The van der Waals surface area contributed by atoms with Crippen molar-refractivity contribution in [2.24, 2.45) is 5.92 Å². The van der Waals surface area contributed by atoms with Crippen LogP contribution in [-0.4, -0.2) is 45.2 Å². The van der Waals surface area contributed by atoms with Crippen LogP contribution in [0.25, 0.3) is 21.3 Å². The third-order valence-electron chi connectivity index (χ3n) is 5.62. The van der Waals surface area contributed by atoms with E-state index in [-0.39, 0.29) is 30.4 Å². The lowest BCUT2D eigenvalue weighted by Crippen LogP contribution is -2.41. The van der Waals surface area contributed by atoms with Crippen LogP contribution >= 0.6 is 11.3 Å². The number of hydrogen-bond acceptors (Lipinski definition) is 5. The van der Waals surface area contributed by atoms with Crippen molar-refractivity contribution in [1.82, 2.24) is 14.5 Å². The van der Waals surface area contributed by atoms with E-state index in [4.69, 9.17) is 0 Å². The Bertz CT molecular complexity index is 1070. The molecule has 6 nitrogen and oxygen atoms in total. The van der Waals surface area contributed by atoms with E-state index in [0.29, 0.717) is 18.5 Å². The molecule has 7 heteroatoms. The average molecular weight is 412 g/mol. The highest BCUT2D eigenvalue weighted by atomic mass is 32.1. The highest BCUT2D eigenvalue weighted by Gasteiger charge is 2.23. The maximum atomic E-state index is 13.1. The molecule has 3 heterocycles. The molecule has 1 atom stereocenters. The minimum Gasteiger partial charge on any atom is -0.396 e. The summed E-state index contributed by atoms with van der Waals surface area (Å²) in [5, 5.41) is 12.0. The van der Waals surface area contributed by atoms with Gasteiger partial charge in [0, 0.05) is 43.6 Å². The summed E-state index contributed by atoms with van der Waals surface area (Å²) in [7, 11) is 0. The van der Waals surface area contributed by atoms with Gasteiger partial charge in [0.15, 0.2) is 0 Å². The maximum Gasteiger partial charge on any atom is 0.262 e. The number of likely N-dealkylation sites (tertiary alicyclic amines) is 1. The topological polar surface area (TPSA) is 75.4 Å².